The van der Waals surface area contributed by atoms with Crippen LogP contribution in [0.25, 0.3) is 0 Å². The van der Waals surface area contributed by atoms with Crippen LogP contribution in [0.2, 0.25) is 0 Å². The lowest BCUT2D eigenvalue weighted by Gasteiger charge is -2.11. The van der Waals surface area contributed by atoms with Crippen LogP contribution >= 0.6 is 0 Å². The van der Waals surface area contributed by atoms with Gasteiger partial charge in [-0.2, -0.15) is 0 Å². The van der Waals surface area contributed by atoms with Gasteiger partial charge in [-0.1, -0.05) is 51.9 Å². The zero-order valence-electron chi connectivity index (χ0n) is 12.4. The van der Waals surface area contributed by atoms with E-state index in [4.69, 9.17) is 0 Å². The Morgan fingerprint density at radius 3 is 2.53 bits per heavy atom. The molecule has 1 aliphatic heterocycles. The van der Waals surface area contributed by atoms with Crippen molar-refractivity contribution in [1.82, 2.24) is 5.32 Å². The molecule has 0 aromatic rings. The normalized spacial score (nSPS) is 19.8. The van der Waals surface area contributed by atoms with E-state index in [9.17, 15) is 9.59 Å². The van der Waals surface area contributed by atoms with Crippen molar-refractivity contribution in [2.24, 2.45) is 5.92 Å². The molecule has 1 saturated heterocycles. The molecule has 0 saturated carbocycles. The Kier molecular flexibility index (Phi) is 8.52. The smallest absolute Gasteiger partial charge is 0.230 e. The minimum Gasteiger partial charge on any atom is -0.355 e. The van der Waals surface area contributed by atoms with Crippen molar-refractivity contribution in [2.45, 2.75) is 77.6 Å². The molecule has 0 radical (unpaired) electrons. The Bertz CT molecular complexity index is 276. The fraction of sp³-hybridized carbons (Fsp3) is 0.875. The van der Waals surface area contributed by atoms with Gasteiger partial charge in [0, 0.05) is 13.0 Å². The zero-order chi connectivity index (χ0) is 13.9. The summed E-state index contributed by atoms with van der Waals surface area (Å²) in [6.07, 6.45) is 11.8. The molecule has 3 heteroatoms. The third kappa shape index (κ3) is 6.74. The number of rotatable bonds is 9. The molecule has 0 spiro atoms. The van der Waals surface area contributed by atoms with Gasteiger partial charge in [-0.15, -0.1) is 0 Å². The fourth-order valence-corrected chi connectivity index (χ4v) is 2.68. The van der Waals surface area contributed by atoms with Crippen LogP contribution < -0.4 is 5.32 Å². The van der Waals surface area contributed by atoms with Gasteiger partial charge < -0.3 is 5.32 Å². The first kappa shape index (κ1) is 16.2. The molecule has 0 aromatic carbocycles. The average Bonchev–Trinajstić information content (AvgIpc) is 2.62. The van der Waals surface area contributed by atoms with Gasteiger partial charge in [0.15, 0.2) is 0 Å². The van der Waals surface area contributed by atoms with E-state index in [1.807, 2.05) is 0 Å². The summed E-state index contributed by atoms with van der Waals surface area (Å²) in [5.74, 6) is -0.235. The van der Waals surface area contributed by atoms with E-state index in [0.29, 0.717) is 6.42 Å². The summed E-state index contributed by atoms with van der Waals surface area (Å²) in [6, 6.07) is 0. The molecule has 19 heavy (non-hydrogen) atoms. The Labute approximate surface area is 117 Å². The molecule has 0 aromatic heterocycles. The van der Waals surface area contributed by atoms with Gasteiger partial charge in [0.1, 0.15) is 5.78 Å². The molecule has 1 unspecified atom stereocenters. The minimum absolute atomic E-state index is 0.0366. The minimum atomic E-state index is -0.359. The van der Waals surface area contributed by atoms with Crippen molar-refractivity contribution < 1.29 is 9.59 Å². The molecule has 1 fully saturated rings. The molecule has 3 nitrogen and oxygen atoms in total. The number of hydrogen-bond acceptors (Lipinski definition) is 2. The second-order valence-electron chi connectivity index (χ2n) is 5.68. The molecule has 1 N–H and O–H groups in total. The Morgan fingerprint density at radius 1 is 1.11 bits per heavy atom. The molecular formula is C16H29NO2. The van der Waals surface area contributed by atoms with E-state index in [0.717, 1.165) is 38.6 Å². The van der Waals surface area contributed by atoms with Crippen LogP contribution in [0.5, 0.6) is 0 Å². The maximum Gasteiger partial charge on any atom is 0.230 e. The number of unbranched alkanes of at least 4 members (excludes halogenated alkanes) is 6. The Balaban J connectivity index is 2.11. The highest BCUT2D eigenvalue weighted by molar-refractivity contribution is 6.01. The number of carbonyl (C=O) groups is 2. The highest BCUT2D eigenvalue weighted by atomic mass is 16.2. The van der Waals surface area contributed by atoms with Crippen LogP contribution in [-0.4, -0.2) is 18.2 Å². The van der Waals surface area contributed by atoms with Gasteiger partial charge in [0.2, 0.25) is 5.91 Å². The van der Waals surface area contributed by atoms with Gasteiger partial charge in [-0.3, -0.25) is 9.59 Å². The van der Waals surface area contributed by atoms with Gasteiger partial charge in [0.05, 0.1) is 5.92 Å². The quantitative estimate of drug-likeness (QED) is 0.512. The van der Waals surface area contributed by atoms with E-state index >= 15 is 0 Å². The van der Waals surface area contributed by atoms with Crippen molar-refractivity contribution in [1.29, 1.82) is 0 Å². The standard InChI is InChI=1S/C16H29NO2/c1-2-3-4-5-6-7-8-12-15(18)14-11-9-10-13-17-16(14)19/h14H,2-13H2,1H3,(H,17,19). The van der Waals surface area contributed by atoms with Crippen molar-refractivity contribution in [3.8, 4) is 0 Å². The molecule has 1 aliphatic rings. The number of hydrogen-bond donors (Lipinski definition) is 1. The maximum atomic E-state index is 12.0. The Morgan fingerprint density at radius 2 is 1.79 bits per heavy atom. The molecule has 0 bridgehead atoms. The van der Waals surface area contributed by atoms with E-state index in [1.165, 1.54) is 32.1 Å². The van der Waals surface area contributed by atoms with Crippen LogP contribution in [-0.2, 0) is 9.59 Å². The second-order valence-corrected chi connectivity index (χ2v) is 5.68. The lowest BCUT2D eigenvalue weighted by atomic mass is 9.94. The summed E-state index contributed by atoms with van der Waals surface area (Å²) in [7, 11) is 0. The van der Waals surface area contributed by atoms with Crippen molar-refractivity contribution in [3.05, 3.63) is 0 Å². The summed E-state index contributed by atoms with van der Waals surface area (Å²) < 4.78 is 0. The summed E-state index contributed by atoms with van der Waals surface area (Å²) >= 11 is 0. The predicted octanol–water partition coefficient (Wildman–Crippen LogP) is 3.61. The number of carbonyl (C=O) groups excluding carboxylic acids is 2. The second kappa shape index (κ2) is 9.99. The molecule has 110 valence electrons. The topological polar surface area (TPSA) is 46.2 Å². The third-order valence-electron chi connectivity index (χ3n) is 3.95. The average molecular weight is 267 g/mol. The molecular weight excluding hydrogens is 238 g/mol. The fourth-order valence-electron chi connectivity index (χ4n) is 2.68. The molecule has 1 rings (SSSR count). The van der Waals surface area contributed by atoms with Gasteiger partial charge in [-0.05, 0) is 19.3 Å². The molecule has 0 aliphatic carbocycles. The van der Waals surface area contributed by atoms with E-state index in [-0.39, 0.29) is 17.6 Å². The number of Topliss-reactive ketones (excluding diaryl/α,β-unsaturated/α-hetero) is 1. The van der Waals surface area contributed by atoms with Crippen LogP contribution in [0.4, 0.5) is 0 Å². The van der Waals surface area contributed by atoms with E-state index < -0.39 is 0 Å². The van der Waals surface area contributed by atoms with Gasteiger partial charge in [-0.25, -0.2) is 0 Å². The Hall–Kier alpha value is -0.860. The predicted molar refractivity (Wildman–Crippen MR) is 78.0 cm³/mol. The molecule has 1 heterocycles. The highest BCUT2D eigenvalue weighted by Gasteiger charge is 2.26. The monoisotopic (exact) mass is 267 g/mol. The summed E-state index contributed by atoms with van der Waals surface area (Å²) in [5, 5.41) is 2.84. The zero-order valence-corrected chi connectivity index (χ0v) is 12.4. The summed E-state index contributed by atoms with van der Waals surface area (Å²) in [6.45, 7) is 2.95. The van der Waals surface area contributed by atoms with Gasteiger partial charge in [0.25, 0.3) is 0 Å². The van der Waals surface area contributed by atoms with E-state index in [1.54, 1.807) is 0 Å². The van der Waals surface area contributed by atoms with E-state index in [2.05, 4.69) is 12.2 Å². The largest absolute Gasteiger partial charge is 0.355 e. The number of nitrogens with one attached hydrogen (secondary N) is 1. The van der Waals surface area contributed by atoms with Crippen molar-refractivity contribution >= 4 is 11.7 Å². The number of ketones is 1. The molecule has 1 atom stereocenters. The molecule has 1 amide bonds. The van der Waals surface area contributed by atoms with Gasteiger partial charge >= 0.3 is 0 Å². The lowest BCUT2D eigenvalue weighted by molar-refractivity contribution is -0.133. The highest BCUT2D eigenvalue weighted by Crippen LogP contribution is 2.17. The van der Waals surface area contributed by atoms with Crippen LogP contribution in [0.15, 0.2) is 0 Å². The maximum absolute atomic E-state index is 12.0. The van der Waals surface area contributed by atoms with Crippen LogP contribution in [0.1, 0.15) is 77.6 Å². The third-order valence-corrected chi connectivity index (χ3v) is 3.95. The van der Waals surface area contributed by atoms with Crippen molar-refractivity contribution in [2.75, 3.05) is 6.54 Å². The first-order chi connectivity index (χ1) is 9.25. The van der Waals surface area contributed by atoms with Crippen LogP contribution in [0, 0.1) is 5.92 Å². The number of amides is 1. The van der Waals surface area contributed by atoms with Crippen LogP contribution in [0.3, 0.4) is 0 Å². The van der Waals surface area contributed by atoms with Crippen molar-refractivity contribution in [3.63, 3.8) is 0 Å². The first-order valence-electron chi connectivity index (χ1n) is 8.06. The summed E-state index contributed by atoms with van der Waals surface area (Å²) in [5.41, 5.74) is 0. The lowest BCUT2D eigenvalue weighted by Crippen LogP contribution is -2.33. The summed E-state index contributed by atoms with van der Waals surface area (Å²) in [4.78, 5) is 23.8. The first-order valence-corrected chi connectivity index (χ1v) is 8.06. The SMILES string of the molecule is CCCCCCCCCC(=O)C1CCCCNC1=O.